The molecular weight excluding hydrogens is 411 g/mol. The highest BCUT2D eigenvalue weighted by Crippen LogP contribution is 2.32. The summed E-state index contributed by atoms with van der Waals surface area (Å²) in [4.78, 5) is 35.1. The van der Waals surface area contributed by atoms with Crippen LogP contribution in [0.15, 0.2) is 42.5 Å². The van der Waals surface area contributed by atoms with Crippen molar-refractivity contribution < 1.29 is 14.0 Å². The number of hydrogen-bond donors (Lipinski definition) is 3. The van der Waals surface area contributed by atoms with E-state index in [1.807, 2.05) is 38.1 Å². The first kappa shape index (κ1) is 20.2. The van der Waals surface area contributed by atoms with Crippen molar-refractivity contribution in [1.29, 1.82) is 0 Å². The molecule has 1 aliphatic rings. The molecule has 1 aliphatic heterocycles. The standard InChI is InChI=1S/C23H23FN6O2/c1-12(2)20(21-25-15-7-3-4-8-16(15)26-21)27-23(32)13-10-18(31)30(11-13)22-19-14(24)6-5-9-17(19)28-29-22/h3-9,12-13,20H,10-11H2,1-2H3,(H,25,26)(H,27,32)(H,28,29)/t13-,20-/m0/s1. The Morgan fingerprint density at radius 3 is 2.75 bits per heavy atom. The van der Waals surface area contributed by atoms with Crippen LogP contribution in [0.25, 0.3) is 21.9 Å². The summed E-state index contributed by atoms with van der Waals surface area (Å²) in [5, 5.41) is 10.2. The molecule has 32 heavy (non-hydrogen) atoms. The van der Waals surface area contributed by atoms with Crippen LogP contribution in [0.2, 0.25) is 0 Å². The minimum Gasteiger partial charge on any atom is -0.346 e. The molecule has 4 aromatic rings. The minimum atomic E-state index is -0.563. The van der Waals surface area contributed by atoms with Gasteiger partial charge in [-0.1, -0.05) is 32.0 Å². The third kappa shape index (κ3) is 3.39. The number of halogens is 1. The number of para-hydroxylation sites is 2. The highest BCUT2D eigenvalue weighted by molar-refractivity contribution is 6.05. The summed E-state index contributed by atoms with van der Waals surface area (Å²) >= 11 is 0. The quantitative estimate of drug-likeness (QED) is 0.447. The lowest BCUT2D eigenvalue weighted by atomic mass is 10.0. The topological polar surface area (TPSA) is 107 Å². The number of H-pyrrole nitrogens is 2. The molecule has 8 nitrogen and oxygen atoms in total. The molecule has 164 valence electrons. The molecule has 2 aromatic heterocycles. The van der Waals surface area contributed by atoms with E-state index in [4.69, 9.17) is 0 Å². The second-order valence-electron chi connectivity index (χ2n) is 8.48. The average molecular weight is 434 g/mol. The van der Waals surface area contributed by atoms with Crippen LogP contribution >= 0.6 is 0 Å². The van der Waals surface area contributed by atoms with Gasteiger partial charge < -0.3 is 10.3 Å². The van der Waals surface area contributed by atoms with Gasteiger partial charge in [-0.3, -0.25) is 19.6 Å². The van der Waals surface area contributed by atoms with Crippen LogP contribution in [-0.4, -0.2) is 38.5 Å². The second kappa shape index (κ2) is 7.74. The van der Waals surface area contributed by atoms with Crippen molar-refractivity contribution in [3.63, 3.8) is 0 Å². The van der Waals surface area contributed by atoms with E-state index >= 15 is 0 Å². The van der Waals surface area contributed by atoms with Gasteiger partial charge in [-0.25, -0.2) is 9.37 Å². The Morgan fingerprint density at radius 2 is 1.97 bits per heavy atom. The Bertz CT molecular complexity index is 1290. The second-order valence-corrected chi connectivity index (χ2v) is 8.48. The van der Waals surface area contributed by atoms with Gasteiger partial charge in [-0.15, -0.1) is 0 Å². The zero-order valence-corrected chi connectivity index (χ0v) is 17.7. The highest BCUT2D eigenvalue weighted by Gasteiger charge is 2.38. The van der Waals surface area contributed by atoms with E-state index in [0.29, 0.717) is 11.3 Å². The Balaban J connectivity index is 1.36. The number of carbonyl (C=O) groups excluding carboxylic acids is 2. The van der Waals surface area contributed by atoms with Crippen LogP contribution < -0.4 is 10.2 Å². The molecule has 0 bridgehead atoms. The molecule has 0 radical (unpaired) electrons. The first-order valence-electron chi connectivity index (χ1n) is 10.6. The van der Waals surface area contributed by atoms with E-state index in [2.05, 4.69) is 25.5 Å². The summed E-state index contributed by atoms with van der Waals surface area (Å²) in [6.07, 6.45) is 0.0413. The van der Waals surface area contributed by atoms with Crippen molar-refractivity contribution in [3.8, 4) is 0 Å². The summed E-state index contributed by atoms with van der Waals surface area (Å²) < 4.78 is 14.4. The molecule has 5 rings (SSSR count). The van der Waals surface area contributed by atoms with Crippen LogP contribution in [0.3, 0.4) is 0 Å². The smallest absolute Gasteiger partial charge is 0.229 e. The van der Waals surface area contributed by atoms with Gasteiger partial charge in [0.05, 0.1) is 33.9 Å². The SMILES string of the molecule is CC(C)[C@H](NC(=O)[C@H]1CC(=O)N(c2n[nH]c3cccc(F)c23)C1)c1nc2ccccc2[nH]1. The van der Waals surface area contributed by atoms with Gasteiger partial charge in [-0.05, 0) is 30.2 Å². The van der Waals surface area contributed by atoms with Crippen LogP contribution in [0, 0.1) is 17.7 Å². The Morgan fingerprint density at radius 1 is 1.19 bits per heavy atom. The lowest BCUT2D eigenvalue weighted by Crippen LogP contribution is -2.38. The first-order valence-corrected chi connectivity index (χ1v) is 10.6. The number of anilines is 1. The third-order valence-corrected chi connectivity index (χ3v) is 5.94. The summed E-state index contributed by atoms with van der Waals surface area (Å²) in [6.45, 7) is 4.15. The Kier molecular flexibility index (Phi) is 4.88. The third-order valence-electron chi connectivity index (χ3n) is 5.94. The molecule has 0 saturated carbocycles. The molecule has 2 aromatic carbocycles. The van der Waals surface area contributed by atoms with Crippen molar-refractivity contribution in [3.05, 3.63) is 54.1 Å². The van der Waals surface area contributed by atoms with Gasteiger partial charge >= 0.3 is 0 Å². The number of amides is 2. The number of benzene rings is 2. The molecule has 0 unspecified atom stereocenters. The van der Waals surface area contributed by atoms with Gasteiger partial charge in [0.2, 0.25) is 11.8 Å². The molecule has 1 fully saturated rings. The summed E-state index contributed by atoms with van der Waals surface area (Å²) in [5.74, 6) is -0.542. The number of rotatable bonds is 5. The van der Waals surface area contributed by atoms with Gasteiger partial charge in [-0.2, -0.15) is 5.10 Å². The number of aromatic nitrogens is 4. The maximum absolute atomic E-state index is 14.4. The van der Waals surface area contributed by atoms with Crippen molar-refractivity contribution >= 4 is 39.6 Å². The molecule has 1 saturated heterocycles. The molecule has 3 N–H and O–H groups in total. The molecular formula is C23H23FN6O2. The number of carbonyl (C=O) groups is 2. The van der Waals surface area contributed by atoms with E-state index < -0.39 is 11.7 Å². The van der Waals surface area contributed by atoms with Gasteiger partial charge in [0, 0.05) is 13.0 Å². The lowest BCUT2D eigenvalue weighted by molar-refractivity contribution is -0.127. The number of nitrogens with zero attached hydrogens (tertiary/aromatic N) is 3. The number of aromatic amines is 2. The van der Waals surface area contributed by atoms with Crippen LogP contribution in [-0.2, 0) is 9.59 Å². The number of nitrogens with one attached hydrogen (secondary N) is 3. The van der Waals surface area contributed by atoms with Crippen molar-refractivity contribution in [2.75, 3.05) is 11.4 Å². The Hall–Kier alpha value is -3.75. The lowest BCUT2D eigenvalue weighted by Gasteiger charge is -2.22. The predicted molar refractivity (Wildman–Crippen MR) is 118 cm³/mol. The number of imidazole rings is 1. The average Bonchev–Trinajstić information content (AvgIpc) is 3.47. The van der Waals surface area contributed by atoms with Gasteiger partial charge in [0.1, 0.15) is 11.6 Å². The monoisotopic (exact) mass is 434 g/mol. The van der Waals surface area contributed by atoms with E-state index in [-0.39, 0.29) is 47.9 Å². The fourth-order valence-corrected chi connectivity index (χ4v) is 4.24. The molecule has 9 heteroatoms. The van der Waals surface area contributed by atoms with Gasteiger partial charge in [0.15, 0.2) is 5.82 Å². The number of fused-ring (bicyclic) bond motifs is 2. The maximum Gasteiger partial charge on any atom is 0.229 e. The van der Waals surface area contributed by atoms with Crippen molar-refractivity contribution in [2.24, 2.45) is 11.8 Å². The molecule has 0 aliphatic carbocycles. The fourth-order valence-electron chi connectivity index (χ4n) is 4.24. The van der Waals surface area contributed by atoms with E-state index in [1.165, 1.54) is 11.0 Å². The van der Waals surface area contributed by atoms with E-state index in [1.54, 1.807) is 12.1 Å². The van der Waals surface area contributed by atoms with Crippen molar-refractivity contribution in [2.45, 2.75) is 26.3 Å². The predicted octanol–water partition coefficient (Wildman–Crippen LogP) is 3.44. The van der Waals surface area contributed by atoms with Gasteiger partial charge in [0.25, 0.3) is 0 Å². The zero-order chi connectivity index (χ0) is 22.4. The summed E-state index contributed by atoms with van der Waals surface area (Å²) in [6, 6.07) is 12.0. The van der Waals surface area contributed by atoms with Crippen LogP contribution in [0.5, 0.6) is 0 Å². The molecule has 0 spiro atoms. The molecule has 2 atom stereocenters. The molecule has 2 amide bonds. The van der Waals surface area contributed by atoms with E-state index in [9.17, 15) is 14.0 Å². The maximum atomic E-state index is 14.4. The largest absolute Gasteiger partial charge is 0.346 e. The minimum absolute atomic E-state index is 0.0413. The van der Waals surface area contributed by atoms with E-state index in [0.717, 1.165) is 11.0 Å². The van der Waals surface area contributed by atoms with Crippen LogP contribution in [0.4, 0.5) is 10.2 Å². The molecule has 3 heterocycles. The first-order chi connectivity index (χ1) is 15.4. The van der Waals surface area contributed by atoms with Crippen LogP contribution in [0.1, 0.15) is 32.1 Å². The zero-order valence-electron chi connectivity index (χ0n) is 17.7. The fraction of sp³-hybridized carbons (Fsp3) is 0.304. The normalized spacial score (nSPS) is 17.6. The Labute approximate surface area is 183 Å². The summed E-state index contributed by atoms with van der Waals surface area (Å²) in [5.41, 5.74) is 2.24. The number of hydrogen-bond acceptors (Lipinski definition) is 4. The summed E-state index contributed by atoms with van der Waals surface area (Å²) in [7, 11) is 0. The van der Waals surface area contributed by atoms with Crippen molar-refractivity contribution in [1.82, 2.24) is 25.5 Å². The highest BCUT2D eigenvalue weighted by atomic mass is 19.1.